The van der Waals surface area contributed by atoms with Crippen molar-refractivity contribution in [3.63, 3.8) is 0 Å². The quantitative estimate of drug-likeness (QED) is 0.754. The van der Waals surface area contributed by atoms with E-state index in [-0.39, 0.29) is 24.2 Å². The number of anilines is 2. The first-order valence-corrected chi connectivity index (χ1v) is 9.53. The number of aromatic nitrogens is 2. The molecule has 0 saturated carbocycles. The van der Waals surface area contributed by atoms with Crippen LogP contribution in [0, 0.1) is 12.8 Å². The fourth-order valence-corrected chi connectivity index (χ4v) is 3.74. The number of nitrogens with one attached hydrogen (secondary N) is 1. The van der Waals surface area contributed by atoms with Crippen LogP contribution in [-0.4, -0.2) is 28.3 Å². The maximum absolute atomic E-state index is 12.6. The predicted molar refractivity (Wildman–Crippen MR) is 106 cm³/mol. The van der Waals surface area contributed by atoms with Crippen LogP contribution in [0.25, 0.3) is 11.4 Å². The third-order valence-electron chi connectivity index (χ3n) is 4.50. The lowest BCUT2D eigenvalue weighted by Gasteiger charge is -2.16. The van der Waals surface area contributed by atoms with Gasteiger partial charge in [0, 0.05) is 30.2 Å². The maximum Gasteiger partial charge on any atom is 0.231 e. The van der Waals surface area contributed by atoms with Crippen molar-refractivity contribution in [1.29, 1.82) is 0 Å². The maximum atomic E-state index is 12.6. The second-order valence-electron chi connectivity index (χ2n) is 6.48. The number of thiazole rings is 1. The molecule has 0 bridgehead atoms. The minimum absolute atomic E-state index is 0.0349. The summed E-state index contributed by atoms with van der Waals surface area (Å²) in [5.74, 6) is -0.604. The number of hydrogen-bond donors (Lipinski definition) is 1. The zero-order valence-corrected chi connectivity index (χ0v) is 15.6. The lowest BCUT2D eigenvalue weighted by molar-refractivity contribution is -0.122. The number of nitrogens with zero attached hydrogens (tertiary/aromatic N) is 3. The Hall–Kier alpha value is -3.06. The van der Waals surface area contributed by atoms with Crippen LogP contribution < -0.4 is 10.2 Å². The summed E-state index contributed by atoms with van der Waals surface area (Å²) in [6, 6.07) is 13.4. The second kappa shape index (κ2) is 7.28. The van der Waals surface area contributed by atoms with Gasteiger partial charge in [0.05, 0.1) is 11.6 Å². The van der Waals surface area contributed by atoms with E-state index >= 15 is 0 Å². The Bertz CT molecular complexity index is 969. The molecule has 3 aromatic rings. The first-order valence-electron chi connectivity index (χ1n) is 8.65. The fourth-order valence-electron chi connectivity index (χ4n) is 3.03. The summed E-state index contributed by atoms with van der Waals surface area (Å²) in [6.07, 6.45) is 1.91. The third kappa shape index (κ3) is 3.73. The van der Waals surface area contributed by atoms with Gasteiger partial charge < -0.3 is 10.2 Å². The smallest absolute Gasteiger partial charge is 0.231 e. The molecule has 1 saturated heterocycles. The Kier molecular flexibility index (Phi) is 4.68. The Labute approximate surface area is 160 Å². The highest BCUT2D eigenvalue weighted by molar-refractivity contribution is 7.14. The van der Waals surface area contributed by atoms with Crippen LogP contribution in [0.3, 0.4) is 0 Å². The molecule has 2 aromatic heterocycles. The summed E-state index contributed by atoms with van der Waals surface area (Å²) >= 11 is 1.35. The van der Waals surface area contributed by atoms with E-state index in [1.54, 1.807) is 11.1 Å². The number of pyridine rings is 1. The molecule has 1 aliphatic heterocycles. The predicted octanol–water partition coefficient (Wildman–Crippen LogP) is 3.51. The van der Waals surface area contributed by atoms with Crippen molar-refractivity contribution in [2.24, 2.45) is 5.92 Å². The first-order chi connectivity index (χ1) is 13.1. The van der Waals surface area contributed by atoms with Gasteiger partial charge in [0.15, 0.2) is 5.13 Å². The second-order valence-corrected chi connectivity index (χ2v) is 7.34. The molecule has 1 aliphatic rings. The highest BCUT2D eigenvalue weighted by Gasteiger charge is 2.35. The number of rotatable bonds is 4. The van der Waals surface area contributed by atoms with Crippen molar-refractivity contribution < 1.29 is 9.59 Å². The molecule has 4 rings (SSSR count). The fraction of sp³-hybridized carbons (Fsp3) is 0.200. The van der Waals surface area contributed by atoms with Crippen molar-refractivity contribution in [3.8, 4) is 11.4 Å². The molecular weight excluding hydrogens is 360 g/mol. The molecule has 136 valence electrons. The summed E-state index contributed by atoms with van der Waals surface area (Å²) < 4.78 is 0. The monoisotopic (exact) mass is 378 g/mol. The van der Waals surface area contributed by atoms with E-state index in [1.807, 2.05) is 54.8 Å². The van der Waals surface area contributed by atoms with Gasteiger partial charge in [0.25, 0.3) is 0 Å². The molecule has 1 fully saturated rings. The number of hydrogen-bond acceptors (Lipinski definition) is 5. The average molecular weight is 378 g/mol. The summed E-state index contributed by atoms with van der Waals surface area (Å²) in [4.78, 5) is 35.3. The van der Waals surface area contributed by atoms with Crippen LogP contribution in [0.1, 0.15) is 12.0 Å². The SMILES string of the molecule is Cc1ccc(N2C[C@@H](C(=O)Nc3nc(-c4ccccn4)cs3)CC2=O)cc1. The standard InChI is InChI=1S/C20H18N4O2S/c1-13-5-7-15(8-6-13)24-11-14(10-18(24)25)19(26)23-20-22-17(12-27-20)16-4-2-3-9-21-16/h2-9,12,14H,10-11H2,1H3,(H,22,23,26)/t14-/m0/s1. The van der Waals surface area contributed by atoms with Crippen LogP contribution in [0.2, 0.25) is 0 Å². The van der Waals surface area contributed by atoms with Crippen LogP contribution in [0.4, 0.5) is 10.8 Å². The van der Waals surface area contributed by atoms with Gasteiger partial charge in [-0.15, -0.1) is 11.3 Å². The summed E-state index contributed by atoms with van der Waals surface area (Å²) in [7, 11) is 0. The van der Waals surface area contributed by atoms with E-state index in [9.17, 15) is 9.59 Å². The lowest BCUT2D eigenvalue weighted by atomic mass is 10.1. The van der Waals surface area contributed by atoms with Crippen LogP contribution in [0.5, 0.6) is 0 Å². The molecule has 0 spiro atoms. The molecule has 0 aliphatic carbocycles. The Morgan fingerprint density at radius 3 is 2.74 bits per heavy atom. The molecule has 1 N–H and O–H groups in total. The molecule has 7 heteroatoms. The molecule has 1 atom stereocenters. The van der Waals surface area contributed by atoms with Gasteiger partial charge in [-0.1, -0.05) is 23.8 Å². The normalized spacial score (nSPS) is 16.6. The Morgan fingerprint density at radius 1 is 1.19 bits per heavy atom. The molecule has 1 aromatic carbocycles. The molecule has 27 heavy (non-hydrogen) atoms. The zero-order valence-electron chi connectivity index (χ0n) is 14.8. The largest absolute Gasteiger partial charge is 0.312 e. The van der Waals surface area contributed by atoms with Crippen LogP contribution in [0.15, 0.2) is 54.0 Å². The molecule has 3 heterocycles. The van der Waals surface area contributed by atoms with Crippen molar-refractivity contribution in [2.45, 2.75) is 13.3 Å². The van der Waals surface area contributed by atoms with Gasteiger partial charge >= 0.3 is 0 Å². The third-order valence-corrected chi connectivity index (χ3v) is 5.26. The van der Waals surface area contributed by atoms with Crippen molar-refractivity contribution >= 4 is 34.0 Å². The van der Waals surface area contributed by atoms with Gasteiger partial charge in [-0.25, -0.2) is 4.98 Å². The molecule has 0 unspecified atom stereocenters. The number of aryl methyl sites for hydroxylation is 1. The highest BCUT2D eigenvalue weighted by atomic mass is 32.1. The molecule has 6 nitrogen and oxygen atoms in total. The highest BCUT2D eigenvalue weighted by Crippen LogP contribution is 2.28. The van der Waals surface area contributed by atoms with Crippen molar-refractivity contribution in [3.05, 3.63) is 59.6 Å². The van der Waals surface area contributed by atoms with E-state index in [1.165, 1.54) is 11.3 Å². The van der Waals surface area contributed by atoms with Gasteiger partial charge in [-0.3, -0.25) is 14.6 Å². The molecular formula is C20H18N4O2S. The van der Waals surface area contributed by atoms with E-state index < -0.39 is 0 Å². The van der Waals surface area contributed by atoms with Crippen LogP contribution in [-0.2, 0) is 9.59 Å². The summed E-state index contributed by atoms with van der Waals surface area (Å²) in [5.41, 5.74) is 3.44. The number of carbonyl (C=O) groups excluding carboxylic acids is 2. The zero-order chi connectivity index (χ0) is 18.8. The first kappa shape index (κ1) is 17.4. The molecule has 2 amide bonds. The minimum Gasteiger partial charge on any atom is -0.312 e. The summed E-state index contributed by atoms with van der Waals surface area (Å²) in [6.45, 7) is 2.38. The van der Waals surface area contributed by atoms with E-state index in [0.717, 1.165) is 22.6 Å². The number of benzene rings is 1. The van der Waals surface area contributed by atoms with Gasteiger partial charge in [0.1, 0.15) is 5.69 Å². The van der Waals surface area contributed by atoms with Gasteiger partial charge in [0.2, 0.25) is 11.8 Å². The molecule has 0 radical (unpaired) electrons. The minimum atomic E-state index is -0.388. The van der Waals surface area contributed by atoms with Crippen LogP contribution >= 0.6 is 11.3 Å². The van der Waals surface area contributed by atoms with Crippen molar-refractivity contribution in [1.82, 2.24) is 9.97 Å². The number of amides is 2. The Balaban J connectivity index is 1.43. The van der Waals surface area contributed by atoms with Gasteiger partial charge in [-0.2, -0.15) is 0 Å². The van der Waals surface area contributed by atoms with Gasteiger partial charge in [-0.05, 0) is 31.2 Å². The van der Waals surface area contributed by atoms with E-state index in [0.29, 0.717) is 11.7 Å². The topological polar surface area (TPSA) is 75.2 Å². The summed E-state index contributed by atoms with van der Waals surface area (Å²) in [5, 5.41) is 5.21. The van der Waals surface area contributed by atoms with Crippen molar-refractivity contribution in [2.75, 3.05) is 16.8 Å². The average Bonchev–Trinajstić information content (AvgIpc) is 3.30. The van der Waals surface area contributed by atoms with E-state index in [4.69, 9.17) is 0 Å². The Morgan fingerprint density at radius 2 is 2.00 bits per heavy atom. The van der Waals surface area contributed by atoms with E-state index in [2.05, 4.69) is 15.3 Å². The number of carbonyl (C=O) groups is 2. The lowest BCUT2D eigenvalue weighted by Crippen LogP contribution is -2.28.